The molecule has 1 rings (SSSR count). The smallest absolute Gasteiger partial charge is 0.218 e. The predicted octanol–water partition coefficient (Wildman–Crippen LogP) is 1.56. The van der Waals surface area contributed by atoms with Crippen molar-refractivity contribution >= 4 is 5.96 Å². The Morgan fingerprint density at radius 3 is 2.89 bits per heavy atom. The van der Waals surface area contributed by atoms with Crippen LogP contribution in [-0.2, 0) is 6.54 Å². The number of nitrogens with zero attached hydrogens (tertiary/aromatic N) is 2. The van der Waals surface area contributed by atoms with Crippen LogP contribution in [0.1, 0.15) is 25.8 Å². The standard InChI is InChI=1S/C13H22N4O/c1-4-8-16-13(14-3)17-10-11-7-6-9-15-12(11)18-5-2/h6-7,9H,4-5,8,10H2,1-3H3,(H2,14,16,17). The highest BCUT2D eigenvalue weighted by Gasteiger charge is 2.04. The van der Waals surface area contributed by atoms with Gasteiger partial charge in [0.1, 0.15) is 0 Å². The molecule has 0 bridgehead atoms. The molecule has 0 atom stereocenters. The first-order valence-corrected chi connectivity index (χ1v) is 6.33. The van der Waals surface area contributed by atoms with Crippen LogP contribution in [0.25, 0.3) is 0 Å². The number of guanidine groups is 1. The van der Waals surface area contributed by atoms with E-state index >= 15 is 0 Å². The second kappa shape index (κ2) is 8.33. The van der Waals surface area contributed by atoms with Gasteiger partial charge in [0.15, 0.2) is 5.96 Å². The Morgan fingerprint density at radius 1 is 1.39 bits per heavy atom. The van der Waals surface area contributed by atoms with Crippen LogP contribution in [0, 0.1) is 0 Å². The largest absolute Gasteiger partial charge is 0.478 e. The molecule has 5 heteroatoms. The van der Waals surface area contributed by atoms with Crippen molar-refractivity contribution in [2.75, 3.05) is 20.2 Å². The molecule has 0 aliphatic rings. The summed E-state index contributed by atoms with van der Waals surface area (Å²) >= 11 is 0. The summed E-state index contributed by atoms with van der Waals surface area (Å²) < 4.78 is 5.47. The van der Waals surface area contributed by atoms with E-state index in [0.717, 1.165) is 24.5 Å². The van der Waals surface area contributed by atoms with E-state index in [1.54, 1.807) is 13.2 Å². The number of hydrogen-bond donors (Lipinski definition) is 2. The van der Waals surface area contributed by atoms with Crippen molar-refractivity contribution in [1.82, 2.24) is 15.6 Å². The van der Waals surface area contributed by atoms with Gasteiger partial charge in [0.25, 0.3) is 0 Å². The van der Waals surface area contributed by atoms with Crippen molar-refractivity contribution < 1.29 is 4.74 Å². The van der Waals surface area contributed by atoms with Crippen LogP contribution in [0.4, 0.5) is 0 Å². The third-order valence-electron chi connectivity index (χ3n) is 2.34. The molecule has 2 N–H and O–H groups in total. The molecule has 100 valence electrons. The molecule has 0 radical (unpaired) electrons. The lowest BCUT2D eigenvalue weighted by Crippen LogP contribution is -2.37. The molecular formula is C13H22N4O. The average Bonchev–Trinajstić information content (AvgIpc) is 2.41. The molecule has 1 aromatic heterocycles. The fourth-order valence-electron chi connectivity index (χ4n) is 1.47. The molecule has 0 aliphatic carbocycles. The zero-order chi connectivity index (χ0) is 13.2. The van der Waals surface area contributed by atoms with Gasteiger partial charge in [-0.05, 0) is 19.4 Å². The summed E-state index contributed by atoms with van der Waals surface area (Å²) in [6.07, 6.45) is 2.80. The van der Waals surface area contributed by atoms with Crippen molar-refractivity contribution in [1.29, 1.82) is 0 Å². The van der Waals surface area contributed by atoms with E-state index in [1.165, 1.54) is 0 Å². The Bertz CT molecular complexity index is 379. The molecule has 5 nitrogen and oxygen atoms in total. The minimum Gasteiger partial charge on any atom is -0.478 e. The van der Waals surface area contributed by atoms with Gasteiger partial charge in [0, 0.05) is 31.9 Å². The Morgan fingerprint density at radius 2 is 2.22 bits per heavy atom. The molecule has 0 aliphatic heterocycles. The Hall–Kier alpha value is -1.78. The molecule has 1 aromatic rings. The molecule has 1 heterocycles. The van der Waals surface area contributed by atoms with Gasteiger partial charge in [-0.2, -0.15) is 0 Å². The fraction of sp³-hybridized carbons (Fsp3) is 0.538. The Kier molecular flexibility index (Phi) is 6.61. The van der Waals surface area contributed by atoms with Crippen molar-refractivity contribution in [2.24, 2.45) is 4.99 Å². The molecule has 0 saturated heterocycles. The lowest BCUT2D eigenvalue weighted by Gasteiger charge is -2.13. The molecule has 0 unspecified atom stereocenters. The zero-order valence-corrected chi connectivity index (χ0v) is 11.4. The van der Waals surface area contributed by atoms with Gasteiger partial charge in [-0.1, -0.05) is 13.0 Å². The number of aliphatic imine (C=N–C) groups is 1. The Labute approximate surface area is 109 Å². The summed E-state index contributed by atoms with van der Waals surface area (Å²) in [5.41, 5.74) is 1.03. The fourth-order valence-corrected chi connectivity index (χ4v) is 1.47. The highest BCUT2D eigenvalue weighted by atomic mass is 16.5. The zero-order valence-electron chi connectivity index (χ0n) is 11.4. The number of nitrogens with one attached hydrogen (secondary N) is 2. The maximum Gasteiger partial charge on any atom is 0.218 e. The van der Waals surface area contributed by atoms with Crippen LogP contribution in [-0.4, -0.2) is 31.1 Å². The van der Waals surface area contributed by atoms with E-state index < -0.39 is 0 Å². The number of pyridine rings is 1. The third-order valence-corrected chi connectivity index (χ3v) is 2.34. The van der Waals surface area contributed by atoms with E-state index in [9.17, 15) is 0 Å². The SMILES string of the molecule is CCCNC(=NC)NCc1cccnc1OCC. The maximum absolute atomic E-state index is 5.47. The first kappa shape index (κ1) is 14.3. The second-order valence-corrected chi connectivity index (χ2v) is 3.75. The van der Waals surface area contributed by atoms with E-state index in [1.807, 2.05) is 19.1 Å². The van der Waals surface area contributed by atoms with E-state index in [4.69, 9.17) is 4.74 Å². The van der Waals surface area contributed by atoms with Crippen molar-refractivity contribution in [3.8, 4) is 5.88 Å². The summed E-state index contributed by atoms with van der Waals surface area (Å²) in [7, 11) is 1.76. The lowest BCUT2D eigenvalue weighted by atomic mass is 10.2. The average molecular weight is 250 g/mol. The third kappa shape index (κ3) is 4.61. The van der Waals surface area contributed by atoms with Crippen LogP contribution in [0.15, 0.2) is 23.3 Å². The first-order valence-electron chi connectivity index (χ1n) is 6.33. The van der Waals surface area contributed by atoms with Crippen molar-refractivity contribution in [3.63, 3.8) is 0 Å². The maximum atomic E-state index is 5.47. The summed E-state index contributed by atoms with van der Waals surface area (Å²) in [6, 6.07) is 3.90. The van der Waals surface area contributed by atoms with Crippen LogP contribution in [0.3, 0.4) is 0 Å². The molecular weight excluding hydrogens is 228 g/mol. The molecule has 0 aromatic carbocycles. The molecule has 0 saturated carbocycles. The van der Waals surface area contributed by atoms with E-state index in [-0.39, 0.29) is 0 Å². The molecule has 0 spiro atoms. The van der Waals surface area contributed by atoms with E-state index in [2.05, 4.69) is 27.5 Å². The summed E-state index contributed by atoms with van der Waals surface area (Å²) in [4.78, 5) is 8.36. The number of aromatic nitrogens is 1. The molecule has 0 amide bonds. The molecule has 0 fully saturated rings. The highest BCUT2D eigenvalue weighted by molar-refractivity contribution is 5.79. The van der Waals surface area contributed by atoms with Gasteiger partial charge in [0.05, 0.1) is 6.61 Å². The van der Waals surface area contributed by atoms with Gasteiger partial charge >= 0.3 is 0 Å². The summed E-state index contributed by atoms with van der Waals surface area (Å²) in [5.74, 6) is 1.47. The second-order valence-electron chi connectivity index (χ2n) is 3.75. The van der Waals surface area contributed by atoms with Gasteiger partial charge < -0.3 is 15.4 Å². The quantitative estimate of drug-likeness (QED) is 0.594. The summed E-state index contributed by atoms with van der Waals surface area (Å²) in [6.45, 7) is 6.24. The highest BCUT2D eigenvalue weighted by Crippen LogP contribution is 2.13. The Balaban J connectivity index is 2.56. The van der Waals surface area contributed by atoms with Gasteiger partial charge in [0.2, 0.25) is 5.88 Å². The normalized spacial score (nSPS) is 11.2. The topological polar surface area (TPSA) is 58.5 Å². The van der Waals surface area contributed by atoms with Crippen molar-refractivity contribution in [2.45, 2.75) is 26.8 Å². The van der Waals surface area contributed by atoms with Gasteiger partial charge in [-0.3, -0.25) is 4.99 Å². The summed E-state index contributed by atoms with van der Waals surface area (Å²) in [5, 5.41) is 6.46. The van der Waals surface area contributed by atoms with Crippen LogP contribution in [0.5, 0.6) is 5.88 Å². The van der Waals surface area contributed by atoms with Crippen LogP contribution >= 0.6 is 0 Å². The number of ether oxygens (including phenoxy) is 1. The lowest BCUT2D eigenvalue weighted by molar-refractivity contribution is 0.322. The van der Waals surface area contributed by atoms with E-state index in [0.29, 0.717) is 19.0 Å². The van der Waals surface area contributed by atoms with Gasteiger partial charge in [-0.15, -0.1) is 0 Å². The van der Waals surface area contributed by atoms with Crippen molar-refractivity contribution in [3.05, 3.63) is 23.9 Å². The number of hydrogen-bond acceptors (Lipinski definition) is 3. The minimum atomic E-state index is 0.618. The minimum absolute atomic E-state index is 0.618. The van der Waals surface area contributed by atoms with Crippen LogP contribution < -0.4 is 15.4 Å². The number of rotatable bonds is 6. The predicted molar refractivity (Wildman–Crippen MR) is 73.9 cm³/mol. The molecule has 18 heavy (non-hydrogen) atoms. The van der Waals surface area contributed by atoms with Gasteiger partial charge in [-0.25, -0.2) is 4.98 Å². The van der Waals surface area contributed by atoms with Crippen LogP contribution in [0.2, 0.25) is 0 Å². The monoisotopic (exact) mass is 250 g/mol. The first-order chi connectivity index (χ1) is 8.81.